The molecule has 17 heavy (non-hydrogen) atoms. The van der Waals surface area contributed by atoms with Crippen molar-refractivity contribution in [2.45, 2.75) is 32.9 Å². The Kier molecular flexibility index (Phi) is 3.88. The Morgan fingerprint density at radius 2 is 1.82 bits per heavy atom. The number of rotatable bonds is 5. The molecule has 1 aromatic heterocycles. The summed E-state index contributed by atoms with van der Waals surface area (Å²) in [7, 11) is 0. The molecule has 4 heteroatoms. The number of benzene rings is 1. The second-order valence-electron chi connectivity index (χ2n) is 4.00. The van der Waals surface area contributed by atoms with Gasteiger partial charge in [0.2, 0.25) is 0 Å². The van der Waals surface area contributed by atoms with Gasteiger partial charge in [-0.3, -0.25) is 0 Å². The Balaban J connectivity index is 2.23. The fraction of sp³-hybridized carbons (Fsp3) is 0.385. The van der Waals surface area contributed by atoms with Crippen LogP contribution in [-0.2, 0) is 19.6 Å². The lowest BCUT2D eigenvalue weighted by atomic mass is 10.1. The first-order chi connectivity index (χ1) is 8.35. The Morgan fingerprint density at radius 3 is 2.47 bits per heavy atom. The van der Waals surface area contributed by atoms with Gasteiger partial charge in [-0.15, -0.1) is 10.2 Å². The van der Waals surface area contributed by atoms with Crippen LogP contribution in [0.5, 0.6) is 0 Å². The summed E-state index contributed by atoms with van der Waals surface area (Å²) >= 11 is 0. The topological polar surface area (TPSA) is 50.9 Å². The predicted molar refractivity (Wildman–Crippen MR) is 65.5 cm³/mol. The molecule has 2 rings (SSSR count). The molecule has 0 aliphatic heterocycles. The van der Waals surface area contributed by atoms with Gasteiger partial charge in [-0.2, -0.15) is 0 Å². The summed E-state index contributed by atoms with van der Waals surface area (Å²) in [4.78, 5) is 0. The maximum absolute atomic E-state index is 9.20. The molecule has 0 spiro atoms. The molecule has 0 saturated carbocycles. The van der Waals surface area contributed by atoms with Crippen molar-refractivity contribution in [1.29, 1.82) is 0 Å². The minimum absolute atomic E-state index is 0.0538. The highest BCUT2D eigenvalue weighted by atomic mass is 16.3. The van der Waals surface area contributed by atoms with Crippen LogP contribution >= 0.6 is 0 Å². The van der Waals surface area contributed by atoms with Crippen LogP contribution in [0.1, 0.15) is 30.6 Å². The van der Waals surface area contributed by atoms with E-state index in [0.717, 1.165) is 25.2 Å². The van der Waals surface area contributed by atoms with E-state index in [1.54, 1.807) is 0 Å². The molecule has 0 fully saturated rings. The van der Waals surface area contributed by atoms with E-state index in [2.05, 4.69) is 29.3 Å². The Labute approximate surface area is 101 Å². The molecule has 4 nitrogen and oxygen atoms in total. The highest BCUT2D eigenvalue weighted by molar-refractivity contribution is 5.19. The summed E-state index contributed by atoms with van der Waals surface area (Å²) in [5.41, 5.74) is 1.21. The molecule has 0 radical (unpaired) electrons. The molecular weight excluding hydrogens is 214 g/mol. The SMILES string of the molecule is CCCn1c(CO)nnc1Cc1ccccc1. The summed E-state index contributed by atoms with van der Waals surface area (Å²) < 4.78 is 2.01. The van der Waals surface area contributed by atoms with Crippen molar-refractivity contribution in [2.24, 2.45) is 0 Å². The summed E-state index contributed by atoms with van der Waals surface area (Å²) in [5.74, 6) is 1.57. The summed E-state index contributed by atoms with van der Waals surface area (Å²) in [6, 6.07) is 10.2. The van der Waals surface area contributed by atoms with Gasteiger partial charge in [0.1, 0.15) is 12.4 Å². The van der Waals surface area contributed by atoms with E-state index < -0.39 is 0 Å². The van der Waals surface area contributed by atoms with Crippen molar-refractivity contribution in [3.8, 4) is 0 Å². The maximum Gasteiger partial charge on any atom is 0.158 e. The average molecular weight is 231 g/mol. The third-order valence-electron chi connectivity index (χ3n) is 2.70. The zero-order valence-corrected chi connectivity index (χ0v) is 10.0. The molecule has 1 aromatic carbocycles. The molecular formula is C13H17N3O. The summed E-state index contributed by atoms with van der Waals surface area (Å²) in [5, 5.41) is 17.4. The van der Waals surface area contributed by atoms with Crippen LogP contribution in [0.4, 0.5) is 0 Å². The average Bonchev–Trinajstić information content (AvgIpc) is 2.74. The van der Waals surface area contributed by atoms with E-state index in [1.807, 2.05) is 22.8 Å². The van der Waals surface area contributed by atoms with E-state index in [4.69, 9.17) is 0 Å². The highest BCUT2D eigenvalue weighted by Crippen LogP contribution is 2.10. The zero-order chi connectivity index (χ0) is 12.1. The van der Waals surface area contributed by atoms with Crippen LogP contribution in [0.25, 0.3) is 0 Å². The Bertz CT molecular complexity index is 465. The minimum atomic E-state index is -0.0538. The molecule has 0 aliphatic rings. The number of hydrogen-bond acceptors (Lipinski definition) is 3. The van der Waals surface area contributed by atoms with Crippen LogP contribution in [0.3, 0.4) is 0 Å². The number of hydrogen-bond donors (Lipinski definition) is 1. The first kappa shape index (κ1) is 11.8. The van der Waals surface area contributed by atoms with E-state index in [9.17, 15) is 5.11 Å². The van der Waals surface area contributed by atoms with Gasteiger partial charge in [0.05, 0.1) is 0 Å². The molecule has 0 atom stereocenters. The lowest BCUT2D eigenvalue weighted by molar-refractivity contribution is 0.264. The largest absolute Gasteiger partial charge is 0.388 e. The minimum Gasteiger partial charge on any atom is -0.388 e. The van der Waals surface area contributed by atoms with Crippen LogP contribution in [0.15, 0.2) is 30.3 Å². The van der Waals surface area contributed by atoms with Crippen LogP contribution in [-0.4, -0.2) is 19.9 Å². The van der Waals surface area contributed by atoms with Crippen molar-refractivity contribution in [3.05, 3.63) is 47.5 Å². The highest BCUT2D eigenvalue weighted by Gasteiger charge is 2.10. The van der Waals surface area contributed by atoms with Crippen molar-refractivity contribution < 1.29 is 5.11 Å². The van der Waals surface area contributed by atoms with Gasteiger partial charge in [0.15, 0.2) is 5.82 Å². The van der Waals surface area contributed by atoms with Crippen molar-refractivity contribution >= 4 is 0 Å². The normalized spacial score (nSPS) is 10.7. The zero-order valence-electron chi connectivity index (χ0n) is 10.0. The molecule has 0 unspecified atom stereocenters. The fourth-order valence-corrected chi connectivity index (χ4v) is 1.88. The van der Waals surface area contributed by atoms with Crippen molar-refractivity contribution in [3.63, 3.8) is 0 Å². The standard InChI is InChI=1S/C13H17N3O/c1-2-8-16-12(14-15-13(16)10-17)9-11-6-4-3-5-7-11/h3-7,17H,2,8-10H2,1H3. The van der Waals surface area contributed by atoms with Gasteiger partial charge in [0.25, 0.3) is 0 Å². The lowest BCUT2D eigenvalue weighted by Gasteiger charge is -2.07. The monoisotopic (exact) mass is 231 g/mol. The van der Waals surface area contributed by atoms with Gasteiger partial charge in [-0.1, -0.05) is 37.3 Å². The van der Waals surface area contributed by atoms with Crippen molar-refractivity contribution in [2.75, 3.05) is 0 Å². The van der Waals surface area contributed by atoms with Crippen LogP contribution in [0, 0.1) is 0 Å². The molecule has 2 aromatic rings. The third-order valence-corrected chi connectivity index (χ3v) is 2.70. The third kappa shape index (κ3) is 2.71. The predicted octanol–water partition coefficient (Wildman–Crippen LogP) is 1.77. The fourth-order valence-electron chi connectivity index (χ4n) is 1.88. The summed E-state index contributed by atoms with van der Waals surface area (Å²) in [6.07, 6.45) is 1.76. The molecule has 1 N–H and O–H groups in total. The Hall–Kier alpha value is -1.68. The number of aliphatic hydroxyl groups is 1. The van der Waals surface area contributed by atoms with Gasteiger partial charge >= 0.3 is 0 Å². The van der Waals surface area contributed by atoms with Gasteiger partial charge < -0.3 is 9.67 Å². The smallest absolute Gasteiger partial charge is 0.158 e. The molecule has 90 valence electrons. The van der Waals surface area contributed by atoms with E-state index in [1.165, 1.54) is 5.56 Å². The quantitative estimate of drug-likeness (QED) is 0.853. The maximum atomic E-state index is 9.20. The lowest BCUT2D eigenvalue weighted by Crippen LogP contribution is -2.08. The molecule has 0 saturated heterocycles. The number of nitrogens with zero attached hydrogens (tertiary/aromatic N) is 3. The molecule has 0 amide bonds. The van der Waals surface area contributed by atoms with E-state index in [-0.39, 0.29) is 6.61 Å². The van der Waals surface area contributed by atoms with E-state index in [0.29, 0.717) is 5.82 Å². The van der Waals surface area contributed by atoms with Gasteiger partial charge in [-0.05, 0) is 12.0 Å². The molecule has 0 aliphatic carbocycles. The molecule has 0 bridgehead atoms. The molecule has 1 heterocycles. The van der Waals surface area contributed by atoms with Crippen LogP contribution < -0.4 is 0 Å². The number of aliphatic hydroxyl groups excluding tert-OH is 1. The summed E-state index contributed by atoms with van der Waals surface area (Å²) in [6.45, 7) is 2.90. The number of aromatic nitrogens is 3. The van der Waals surface area contributed by atoms with Crippen LogP contribution in [0.2, 0.25) is 0 Å². The van der Waals surface area contributed by atoms with Gasteiger partial charge in [-0.25, -0.2) is 0 Å². The van der Waals surface area contributed by atoms with Gasteiger partial charge in [0, 0.05) is 13.0 Å². The second kappa shape index (κ2) is 5.59. The first-order valence-electron chi connectivity index (χ1n) is 5.91. The second-order valence-corrected chi connectivity index (χ2v) is 4.00. The van der Waals surface area contributed by atoms with Crippen molar-refractivity contribution in [1.82, 2.24) is 14.8 Å². The van der Waals surface area contributed by atoms with E-state index >= 15 is 0 Å². The Morgan fingerprint density at radius 1 is 1.12 bits per heavy atom. The first-order valence-corrected chi connectivity index (χ1v) is 5.91.